The lowest BCUT2D eigenvalue weighted by Crippen LogP contribution is -2.48. The van der Waals surface area contributed by atoms with Gasteiger partial charge in [-0.15, -0.1) is 11.8 Å². The molecule has 2 aliphatic rings. The number of halogens is 4. The van der Waals surface area contributed by atoms with Gasteiger partial charge < -0.3 is 14.7 Å². The van der Waals surface area contributed by atoms with Crippen LogP contribution in [0.25, 0.3) is 0 Å². The van der Waals surface area contributed by atoms with Crippen LogP contribution in [0.1, 0.15) is 32.4 Å². The maximum absolute atomic E-state index is 13.1. The molecule has 0 aliphatic carbocycles. The van der Waals surface area contributed by atoms with E-state index in [2.05, 4.69) is 0 Å². The molecule has 0 unspecified atom stereocenters. The lowest BCUT2D eigenvalue weighted by atomic mass is 10.1. The topological polar surface area (TPSA) is 43.9 Å². The number of thioether (sulfide) groups is 1. The van der Waals surface area contributed by atoms with E-state index >= 15 is 0 Å². The molecule has 2 fully saturated rings. The van der Waals surface area contributed by atoms with E-state index in [4.69, 9.17) is 11.6 Å². The number of alkyl halides is 3. The van der Waals surface area contributed by atoms with Crippen molar-refractivity contribution in [1.82, 2.24) is 9.80 Å². The first-order chi connectivity index (χ1) is 18.2. The Labute approximate surface area is 228 Å². The van der Waals surface area contributed by atoms with Crippen molar-refractivity contribution in [3.8, 4) is 0 Å². The fourth-order valence-electron chi connectivity index (χ4n) is 4.71. The third kappa shape index (κ3) is 5.78. The van der Waals surface area contributed by atoms with Crippen LogP contribution in [0.3, 0.4) is 0 Å². The summed E-state index contributed by atoms with van der Waals surface area (Å²) < 4.78 is 39.2. The Morgan fingerprint density at radius 1 is 0.947 bits per heavy atom. The molecule has 0 N–H and O–H groups in total. The quantitative estimate of drug-likeness (QED) is 0.379. The molecule has 0 aromatic heterocycles. The number of anilines is 1. The molecule has 3 aromatic rings. The number of hydrogen-bond acceptors (Lipinski definition) is 4. The van der Waals surface area contributed by atoms with Crippen molar-refractivity contribution in [2.45, 2.75) is 18.1 Å². The Morgan fingerprint density at radius 2 is 1.63 bits per heavy atom. The Morgan fingerprint density at radius 3 is 2.29 bits per heavy atom. The highest BCUT2D eigenvalue weighted by Gasteiger charge is 2.33. The number of piperazine rings is 1. The number of rotatable bonds is 5. The Balaban J connectivity index is 1.21. The molecule has 0 saturated carbocycles. The number of benzene rings is 3. The third-order valence-corrected chi connectivity index (χ3v) is 8.29. The molecule has 1 atom stereocenters. The van der Waals surface area contributed by atoms with Crippen LogP contribution >= 0.6 is 23.4 Å². The maximum atomic E-state index is 13.1. The number of carbonyl (C=O) groups excluding carboxylic acids is 2. The van der Waals surface area contributed by atoms with Gasteiger partial charge in [-0.3, -0.25) is 9.59 Å². The van der Waals surface area contributed by atoms with Crippen LogP contribution in [-0.2, 0) is 17.5 Å². The summed E-state index contributed by atoms with van der Waals surface area (Å²) in [6, 6.07) is 20.0. The predicted octanol–water partition coefficient (Wildman–Crippen LogP) is 6.10. The molecule has 10 heteroatoms. The molecule has 2 saturated heterocycles. The van der Waals surface area contributed by atoms with Crippen molar-refractivity contribution in [2.24, 2.45) is 0 Å². The number of carbonyl (C=O) groups is 2. The lowest BCUT2D eigenvalue weighted by molar-refractivity contribution is -0.137. The fraction of sp³-hybridized carbons (Fsp3) is 0.286. The second-order valence-electron chi connectivity index (χ2n) is 9.26. The molecule has 5 rings (SSSR count). The minimum Gasteiger partial charge on any atom is -0.368 e. The van der Waals surface area contributed by atoms with Crippen LogP contribution in [0.2, 0.25) is 5.02 Å². The summed E-state index contributed by atoms with van der Waals surface area (Å²) in [4.78, 5) is 31.1. The Hall–Kier alpha value is -3.17. The van der Waals surface area contributed by atoms with Gasteiger partial charge in [-0.25, -0.2) is 0 Å². The van der Waals surface area contributed by atoms with Crippen molar-refractivity contribution < 1.29 is 22.8 Å². The van der Waals surface area contributed by atoms with Crippen molar-refractivity contribution in [1.29, 1.82) is 0 Å². The molecule has 198 valence electrons. The van der Waals surface area contributed by atoms with E-state index in [9.17, 15) is 22.8 Å². The van der Waals surface area contributed by atoms with Crippen molar-refractivity contribution in [2.75, 3.05) is 36.8 Å². The van der Waals surface area contributed by atoms with E-state index in [0.717, 1.165) is 23.3 Å². The first kappa shape index (κ1) is 26.4. The third-order valence-electron chi connectivity index (χ3n) is 6.78. The van der Waals surface area contributed by atoms with Crippen molar-refractivity contribution >= 4 is 40.9 Å². The average Bonchev–Trinajstić information content (AvgIpc) is 3.29. The molecule has 0 radical (unpaired) electrons. The van der Waals surface area contributed by atoms with Crippen LogP contribution in [-0.4, -0.2) is 53.5 Å². The molecule has 0 bridgehead atoms. The second kappa shape index (κ2) is 10.9. The van der Waals surface area contributed by atoms with Gasteiger partial charge >= 0.3 is 6.18 Å². The van der Waals surface area contributed by atoms with Gasteiger partial charge in [0.05, 0.1) is 11.3 Å². The normalized spacial score (nSPS) is 18.3. The van der Waals surface area contributed by atoms with Crippen molar-refractivity contribution in [3.63, 3.8) is 0 Å². The fourth-order valence-corrected chi connectivity index (χ4v) is 6.02. The lowest BCUT2D eigenvalue weighted by Gasteiger charge is -2.36. The molecule has 2 heterocycles. The van der Waals surface area contributed by atoms with Gasteiger partial charge in [0.2, 0.25) is 5.91 Å². The monoisotopic (exact) mass is 559 g/mol. The zero-order valence-corrected chi connectivity index (χ0v) is 21.9. The largest absolute Gasteiger partial charge is 0.416 e. The van der Waals surface area contributed by atoms with Gasteiger partial charge in [-0.05, 0) is 53.6 Å². The summed E-state index contributed by atoms with van der Waals surface area (Å²) in [7, 11) is 0. The summed E-state index contributed by atoms with van der Waals surface area (Å²) in [5, 5.41) is 0.503. The predicted molar refractivity (Wildman–Crippen MR) is 143 cm³/mol. The molecule has 2 amide bonds. The Bertz CT molecular complexity index is 1310. The van der Waals surface area contributed by atoms with E-state index in [0.29, 0.717) is 54.8 Å². The first-order valence-corrected chi connectivity index (χ1v) is 13.6. The Kier molecular flexibility index (Phi) is 7.59. The zero-order valence-electron chi connectivity index (χ0n) is 20.3. The molecule has 38 heavy (non-hydrogen) atoms. The zero-order chi connectivity index (χ0) is 26.9. The minimum absolute atomic E-state index is 0.0637. The van der Waals surface area contributed by atoms with Crippen LogP contribution in [0.15, 0.2) is 72.8 Å². The SMILES string of the molecule is O=C(c1ccc([C@@H]2SCC(=O)N2Cc2ccc(Cl)cc2)cc1)N1CCN(c2cccc(C(F)(F)F)c2)CC1. The maximum Gasteiger partial charge on any atom is 0.416 e. The molecular formula is C28H25ClF3N3O2S. The van der Waals surface area contributed by atoms with E-state index in [1.54, 1.807) is 47.0 Å². The first-order valence-electron chi connectivity index (χ1n) is 12.2. The smallest absolute Gasteiger partial charge is 0.368 e. The molecular weight excluding hydrogens is 535 g/mol. The number of nitrogens with zero attached hydrogens (tertiary/aromatic N) is 3. The molecule has 2 aliphatic heterocycles. The number of hydrogen-bond donors (Lipinski definition) is 0. The highest BCUT2D eigenvalue weighted by molar-refractivity contribution is 8.00. The number of amides is 2. The van der Waals surface area contributed by atoms with E-state index in [-0.39, 0.29) is 17.2 Å². The summed E-state index contributed by atoms with van der Waals surface area (Å²) in [6.07, 6.45) is -4.39. The van der Waals surface area contributed by atoms with Crippen LogP contribution in [0.4, 0.5) is 18.9 Å². The van der Waals surface area contributed by atoms with Gasteiger partial charge in [0.25, 0.3) is 5.91 Å². The van der Waals surface area contributed by atoms with Crippen LogP contribution in [0, 0.1) is 0 Å². The van der Waals surface area contributed by atoms with Gasteiger partial charge in [0.1, 0.15) is 5.37 Å². The van der Waals surface area contributed by atoms with Gasteiger partial charge in [-0.1, -0.05) is 41.9 Å². The van der Waals surface area contributed by atoms with Gasteiger partial charge in [0.15, 0.2) is 0 Å². The van der Waals surface area contributed by atoms with Crippen molar-refractivity contribution in [3.05, 3.63) is 100 Å². The summed E-state index contributed by atoms with van der Waals surface area (Å²) >= 11 is 7.53. The molecule has 3 aromatic carbocycles. The van der Waals surface area contributed by atoms with E-state index in [1.807, 2.05) is 34.1 Å². The summed E-state index contributed by atoms with van der Waals surface area (Å²) in [5.41, 5.74) is 2.30. The van der Waals surface area contributed by atoms with E-state index < -0.39 is 11.7 Å². The highest BCUT2D eigenvalue weighted by Crippen LogP contribution is 2.40. The molecule has 0 spiro atoms. The standard InChI is InChI=1S/C28H25ClF3N3O2S/c29-23-10-4-19(5-11-23)17-35-25(36)18-38-27(35)21-8-6-20(7-9-21)26(37)34-14-12-33(13-15-34)24-3-1-2-22(16-24)28(30,31)32/h1-11,16,27H,12-15,17-18H2/t27-/m0/s1. The van der Waals surface area contributed by atoms with Crippen LogP contribution < -0.4 is 4.90 Å². The second-order valence-corrected chi connectivity index (χ2v) is 10.8. The summed E-state index contributed by atoms with van der Waals surface area (Å²) in [5.74, 6) is 0.344. The van der Waals surface area contributed by atoms with Gasteiger partial charge in [0, 0.05) is 49.0 Å². The van der Waals surface area contributed by atoms with Gasteiger partial charge in [-0.2, -0.15) is 13.2 Å². The van der Waals surface area contributed by atoms with Crippen LogP contribution in [0.5, 0.6) is 0 Å². The average molecular weight is 560 g/mol. The summed E-state index contributed by atoms with van der Waals surface area (Å²) in [6.45, 7) is 2.21. The minimum atomic E-state index is -4.39. The van der Waals surface area contributed by atoms with E-state index in [1.165, 1.54) is 6.07 Å². The molecule has 5 nitrogen and oxygen atoms in total. The highest BCUT2D eigenvalue weighted by atomic mass is 35.5.